The maximum Gasteiger partial charge on any atom is 0.269 e. The van der Waals surface area contributed by atoms with Crippen LogP contribution < -0.4 is 19.5 Å². The molecule has 1 amide bonds. The highest BCUT2D eigenvalue weighted by atomic mass is 32.2. The Labute approximate surface area is 167 Å². The van der Waals surface area contributed by atoms with Gasteiger partial charge in [0.05, 0.1) is 17.7 Å². The zero-order valence-corrected chi connectivity index (χ0v) is 16.0. The third-order valence-corrected chi connectivity index (χ3v) is 5.67. The van der Waals surface area contributed by atoms with Crippen molar-refractivity contribution in [2.45, 2.75) is 17.5 Å². The number of furan rings is 1. The second-order valence-electron chi connectivity index (χ2n) is 6.28. The first-order valence-corrected chi connectivity index (χ1v) is 10.3. The minimum atomic E-state index is -3.70. The first-order chi connectivity index (χ1) is 14.0. The molecule has 29 heavy (non-hydrogen) atoms. The maximum atomic E-state index is 12.4. The number of ether oxygens (including phenoxy) is 2. The molecule has 1 atom stereocenters. The Morgan fingerprint density at radius 3 is 2.48 bits per heavy atom. The average molecular weight is 414 g/mol. The predicted molar refractivity (Wildman–Crippen MR) is 104 cm³/mol. The van der Waals surface area contributed by atoms with E-state index in [9.17, 15) is 13.2 Å². The van der Waals surface area contributed by atoms with E-state index in [1.807, 2.05) is 6.07 Å². The smallest absolute Gasteiger partial charge is 0.269 e. The lowest BCUT2D eigenvalue weighted by Gasteiger charge is -2.25. The standard InChI is InChI=1S/C20H18N2O6S/c23-20(19-13-27-17-5-1-2-6-18(17)28-19)22-14-7-9-16(10-8-14)29(24,25)21-12-15-4-3-11-26-15/h1-11,19,21H,12-13H2,(H,22,23). The van der Waals surface area contributed by atoms with Gasteiger partial charge in [-0.05, 0) is 48.5 Å². The quantitative estimate of drug-likeness (QED) is 0.642. The number of hydrogen-bond donors (Lipinski definition) is 2. The molecule has 0 radical (unpaired) electrons. The van der Waals surface area contributed by atoms with E-state index in [1.165, 1.54) is 30.5 Å². The Hall–Kier alpha value is -3.30. The van der Waals surface area contributed by atoms with E-state index in [1.54, 1.807) is 30.3 Å². The summed E-state index contributed by atoms with van der Waals surface area (Å²) < 4.78 is 43.5. The van der Waals surface area contributed by atoms with E-state index in [4.69, 9.17) is 13.9 Å². The second kappa shape index (κ2) is 7.98. The number of carbonyl (C=O) groups is 1. The van der Waals surface area contributed by atoms with Gasteiger partial charge in [0.15, 0.2) is 11.5 Å². The van der Waals surface area contributed by atoms with Gasteiger partial charge in [0.1, 0.15) is 12.4 Å². The number of carbonyl (C=O) groups excluding carboxylic acids is 1. The molecule has 9 heteroatoms. The normalized spacial score (nSPS) is 15.7. The van der Waals surface area contributed by atoms with Crippen molar-refractivity contribution >= 4 is 21.6 Å². The molecule has 0 aliphatic carbocycles. The summed E-state index contributed by atoms with van der Waals surface area (Å²) in [4.78, 5) is 12.5. The molecule has 2 N–H and O–H groups in total. The molecule has 1 aliphatic rings. The second-order valence-corrected chi connectivity index (χ2v) is 8.05. The first kappa shape index (κ1) is 19.0. The van der Waals surface area contributed by atoms with E-state index in [0.717, 1.165) is 0 Å². The number of fused-ring (bicyclic) bond motifs is 1. The SMILES string of the molecule is O=C(Nc1ccc(S(=O)(=O)NCc2ccco2)cc1)C1COc2ccccc2O1. The molecule has 0 saturated carbocycles. The van der Waals surface area contributed by atoms with Crippen molar-refractivity contribution in [3.63, 3.8) is 0 Å². The Morgan fingerprint density at radius 2 is 1.76 bits per heavy atom. The van der Waals surface area contributed by atoms with Gasteiger partial charge in [0.2, 0.25) is 16.1 Å². The Bertz CT molecular complexity index is 1090. The molecular formula is C20H18N2O6S. The van der Waals surface area contributed by atoms with Crippen LogP contribution in [0, 0.1) is 0 Å². The van der Waals surface area contributed by atoms with Crippen molar-refractivity contribution in [2.24, 2.45) is 0 Å². The van der Waals surface area contributed by atoms with Gasteiger partial charge in [-0.3, -0.25) is 4.79 Å². The minimum Gasteiger partial charge on any atom is -0.485 e. The van der Waals surface area contributed by atoms with Crippen LogP contribution in [0.4, 0.5) is 5.69 Å². The number of hydrogen-bond acceptors (Lipinski definition) is 6. The molecule has 1 unspecified atom stereocenters. The van der Waals surface area contributed by atoms with Gasteiger partial charge in [-0.25, -0.2) is 13.1 Å². The van der Waals surface area contributed by atoms with Gasteiger partial charge in [0, 0.05) is 5.69 Å². The summed E-state index contributed by atoms with van der Waals surface area (Å²) in [6.45, 7) is 0.139. The number of amides is 1. The van der Waals surface area contributed by atoms with Crippen molar-refractivity contribution < 1.29 is 27.1 Å². The van der Waals surface area contributed by atoms with E-state index < -0.39 is 16.1 Å². The van der Waals surface area contributed by atoms with Crippen LogP contribution in [-0.4, -0.2) is 27.0 Å². The summed E-state index contributed by atoms with van der Waals surface area (Å²) in [7, 11) is -3.70. The van der Waals surface area contributed by atoms with Crippen LogP contribution in [0.5, 0.6) is 11.5 Å². The molecule has 4 rings (SSSR count). The highest BCUT2D eigenvalue weighted by molar-refractivity contribution is 7.89. The van der Waals surface area contributed by atoms with Crippen molar-refractivity contribution in [3.05, 3.63) is 72.7 Å². The van der Waals surface area contributed by atoms with E-state index in [-0.39, 0.29) is 24.0 Å². The predicted octanol–water partition coefficient (Wildman–Crippen LogP) is 2.54. The fraction of sp³-hybridized carbons (Fsp3) is 0.150. The summed E-state index contributed by atoms with van der Waals surface area (Å²) in [5.41, 5.74) is 0.447. The molecule has 0 spiro atoms. The maximum absolute atomic E-state index is 12.4. The lowest BCUT2D eigenvalue weighted by molar-refractivity contribution is -0.125. The van der Waals surface area contributed by atoms with Crippen molar-refractivity contribution in [3.8, 4) is 11.5 Å². The van der Waals surface area contributed by atoms with E-state index in [0.29, 0.717) is 22.9 Å². The largest absolute Gasteiger partial charge is 0.485 e. The Kier molecular flexibility index (Phi) is 5.24. The fourth-order valence-corrected chi connectivity index (χ4v) is 3.74. The molecule has 2 heterocycles. The monoisotopic (exact) mass is 414 g/mol. The third kappa shape index (κ3) is 4.41. The molecule has 150 valence electrons. The Morgan fingerprint density at radius 1 is 1.00 bits per heavy atom. The lowest BCUT2D eigenvalue weighted by Crippen LogP contribution is -2.40. The van der Waals surface area contributed by atoms with Crippen LogP contribution in [0.1, 0.15) is 5.76 Å². The number of rotatable bonds is 6. The van der Waals surface area contributed by atoms with E-state index in [2.05, 4.69) is 10.0 Å². The zero-order valence-electron chi connectivity index (χ0n) is 15.2. The highest BCUT2D eigenvalue weighted by Gasteiger charge is 2.27. The van der Waals surface area contributed by atoms with Gasteiger partial charge in [-0.15, -0.1) is 0 Å². The number of para-hydroxylation sites is 2. The van der Waals surface area contributed by atoms with Crippen LogP contribution in [0.15, 0.2) is 76.2 Å². The highest BCUT2D eigenvalue weighted by Crippen LogP contribution is 2.31. The number of sulfonamides is 1. The van der Waals surface area contributed by atoms with Crippen LogP contribution in [0.25, 0.3) is 0 Å². The van der Waals surface area contributed by atoms with Crippen LogP contribution in [-0.2, 0) is 21.4 Å². The van der Waals surface area contributed by atoms with Gasteiger partial charge in [-0.1, -0.05) is 12.1 Å². The van der Waals surface area contributed by atoms with Gasteiger partial charge in [0.25, 0.3) is 5.91 Å². The summed E-state index contributed by atoms with van der Waals surface area (Å²) in [5, 5.41) is 2.70. The average Bonchev–Trinajstić information content (AvgIpc) is 3.26. The first-order valence-electron chi connectivity index (χ1n) is 8.83. The van der Waals surface area contributed by atoms with Gasteiger partial charge >= 0.3 is 0 Å². The lowest BCUT2D eigenvalue weighted by atomic mass is 10.2. The van der Waals surface area contributed by atoms with Gasteiger partial charge < -0.3 is 19.2 Å². The summed E-state index contributed by atoms with van der Waals surface area (Å²) in [6, 6.07) is 16.3. The van der Waals surface area contributed by atoms with Gasteiger partial charge in [-0.2, -0.15) is 0 Å². The molecule has 8 nitrogen and oxygen atoms in total. The molecular weight excluding hydrogens is 396 g/mol. The number of anilines is 1. The van der Waals surface area contributed by atoms with Crippen LogP contribution in [0.2, 0.25) is 0 Å². The number of benzene rings is 2. The molecule has 0 fully saturated rings. The Balaban J connectivity index is 1.37. The van der Waals surface area contributed by atoms with Crippen molar-refractivity contribution in [1.29, 1.82) is 0 Å². The fourth-order valence-electron chi connectivity index (χ4n) is 2.75. The molecule has 1 aromatic heterocycles. The zero-order chi connectivity index (χ0) is 20.3. The topological polar surface area (TPSA) is 107 Å². The van der Waals surface area contributed by atoms with E-state index >= 15 is 0 Å². The summed E-state index contributed by atoms with van der Waals surface area (Å²) in [6.07, 6.45) is 0.670. The van der Waals surface area contributed by atoms with Crippen LogP contribution in [0.3, 0.4) is 0 Å². The third-order valence-electron chi connectivity index (χ3n) is 4.25. The molecule has 0 bridgehead atoms. The molecule has 3 aromatic rings. The van der Waals surface area contributed by atoms with Crippen molar-refractivity contribution in [2.75, 3.05) is 11.9 Å². The van der Waals surface area contributed by atoms with Crippen LogP contribution >= 0.6 is 0 Å². The minimum absolute atomic E-state index is 0.0499. The molecule has 0 saturated heterocycles. The summed E-state index contributed by atoms with van der Waals surface area (Å²) in [5.74, 6) is 1.22. The van der Waals surface area contributed by atoms with Crippen molar-refractivity contribution in [1.82, 2.24) is 4.72 Å². The molecule has 1 aliphatic heterocycles. The summed E-state index contributed by atoms with van der Waals surface area (Å²) >= 11 is 0. The number of nitrogens with one attached hydrogen (secondary N) is 2. The molecule has 2 aromatic carbocycles.